The third-order valence-electron chi connectivity index (χ3n) is 5.54. The molecule has 186 valence electrons. The zero-order chi connectivity index (χ0) is 25.8. The number of benzene rings is 2. The van der Waals surface area contributed by atoms with Crippen molar-refractivity contribution in [3.63, 3.8) is 0 Å². The van der Waals surface area contributed by atoms with Crippen LogP contribution in [-0.2, 0) is 12.2 Å². The lowest BCUT2D eigenvalue weighted by Crippen LogP contribution is -1.99. The topological polar surface area (TPSA) is 102 Å². The first-order valence-electron chi connectivity index (χ1n) is 11.1. The van der Waals surface area contributed by atoms with E-state index in [4.69, 9.17) is 9.47 Å². The van der Waals surface area contributed by atoms with Gasteiger partial charge < -0.3 is 19.7 Å². The number of carboxylic acid groups (broad SMARTS) is 1. The van der Waals surface area contributed by atoms with Crippen molar-refractivity contribution in [1.29, 1.82) is 0 Å². The zero-order valence-electron chi connectivity index (χ0n) is 20.4. The lowest BCUT2D eigenvalue weighted by Gasteiger charge is -2.08. The summed E-state index contributed by atoms with van der Waals surface area (Å²) in [5, 5.41) is 20.0. The molecule has 0 aliphatic heterocycles. The number of nitrogens with zero attached hydrogens (tertiary/aromatic N) is 2. The highest BCUT2D eigenvalue weighted by molar-refractivity contribution is 7.98. The first-order valence-corrected chi connectivity index (χ1v) is 12.9. The van der Waals surface area contributed by atoms with Gasteiger partial charge in [0.25, 0.3) is 0 Å². The van der Waals surface area contributed by atoms with Crippen molar-refractivity contribution in [2.45, 2.75) is 31.2 Å². The van der Waals surface area contributed by atoms with Crippen LogP contribution in [0.3, 0.4) is 0 Å². The number of methoxy groups -OCH3 is 2. The van der Waals surface area contributed by atoms with Gasteiger partial charge in [-0.1, -0.05) is 17.8 Å². The molecule has 0 saturated heterocycles. The number of ether oxygens (including phenoxy) is 2. The third kappa shape index (κ3) is 5.80. The Labute approximate surface area is 217 Å². The zero-order valence-corrected chi connectivity index (χ0v) is 22.0. The number of carbonyl (C=O) groups is 1. The van der Waals surface area contributed by atoms with Crippen LogP contribution in [0.2, 0.25) is 0 Å². The molecular weight excluding hydrogens is 496 g/mol. The summed E-state index contributed by atoms with van der Waals surface area (Å²) in [5.41, 5.74) is 4.65. The highest BCUT2D eigenvalue weighted by atomic mass is 32.2. The van der Waals surface area contributed by atoms with Gasteiger partial charge in [0, 0.05) is 33.3 Å². The number of phenols is 1. The monoisotopic (exact) mass is 522 g/mol. The fourth-order valence-corrected chi connectivity index (χ4v) is 6.08. The van der Waals surface area contributed by atoms with E-state index in [0.29, 0.717) is 23.7 Å². The predicted molar refractivity (Wildman–Crippen MR) is 142 cm³/mol. The van der Waals surface area contributed by atoms with Gasteiger partial charge >= 0.3 is 5.97 Å². The standard InChI is InChI=1S/C27H26N2O5S2/c1-15-9-16(2)29-27(28-15)35-14-19-13-25(18-6-8-22(33-3)23(12-18)34-4)36-24(19)11-17-5-7-21(30)20(10-17)26(31)32/h5-10,12-13,30H,11,14H2,1-4H3,(H,31,32). The smallest absolute Gasteiger partial charge is 0.339 e. The van der Waals surface area contributed by atoms with Crippen LogP contribution in [-0.4, -0.2) is 40.4 Å². The average molecular weight is 523 g/mol. The summed E-state index contributed by atoms with van der Waals surface area (Å²) in [6.45, 7) is 3.91. The molecule has 0 spiro atoms. The van der Waals surface area contributed by atoms with E-state index in [-0.39, 0.29) is 11.3 Å². The molecule has 0 fully saturated rings. The number of rotatable bonds is 9. The Morgan fingerprint density at radius 1 is 0.972 bits per heavy atom. The highest BCUT2D eigenvalue weighted by Crippen LogP contribution is 2.39. The Balaban J connectivity index is 1.70. The molecule has 7 nitrogen and oxygen atoms in total. The van der Waals surface area contributed by atoms with Crippen LogP contribution in [0.25, 0.3) is 10.4 Å². The van der Waals surface area contributed by atoms with Crippen molar-refractivity contribution < 1.29 is 24.5 Å². The van der Waals surface area contributed by atoms with E-state index in [1.807, 2.05) is 38.1 Å². The molecule has 0 aliphatic carbocycles. The number of aryl methyl sites for hydroxylation is 2. The summed E-state index contributed by atoms with van der Waals surface area (Å²) >= 11 is 3.20. The van der Waals surface area contributed by atoms with Crippen LogP contribution in [0.1, 0.15) is 37.7 Å². The maximum absolute atomic E-state index is 11.5. The molecule has 0 amide bonds. The van der Waals surface area contributed by atoms with Crippen LogP contribution in [0.15, 0.2) is 53.7 Å². The van der Waals surface area contributed by atoms with E-state index < -0.39 is 5.97 Å². The first kappa shape index (κ1) is 25.5. The average Bonchev–Trinajstić information content (AvgIpc) is 3.25. The molecule has 0 unspecified atom stereocenters. The maximum atomic E-state index is 11.5. The molecule has 2 heterocycles. The number of aromatic hydroxyl groups is 1. The van der Waals surface area contributed by atoms with E-state index in [9.17, 15) is 15.0 Å². The number of hydrogen-bond acceptors (Lipinski definition) is 8. The van der Waals surface area contributed by atoms with E-state index in [2.05, 4.69) is 16.0 Å². The molecule has 0 bridgehead atoms. The quantitative estimate of drug-likeness (QED) is 0.200. The number of thiophene rings is 1. The second kappa shape index (κ2) is 11.0. The van der Waals surface area contributed by atoms with Crippen LogP contribution in [0.5, 0.6) is 17.2 Å². The Morgan fingerprint density at radius 3 is 2.36 bits per heavy atom. The van der Waals surface area contributed by atoms with Gasteiger partial charge in [0.05, 0.1) is 14.2 Å². The minimum absolute atomic E-state index is 0.108. The second-order valence-corrected chi connectivity index (χ2v) is 10.3. The largest absolute Gasteiger partial charge is 0.507 e. The third-order valence-corrected chi connectivity index (χ3v) is 7.66. The summed E-state index contributed by atoms with van der Waals surface area (Å²) in [6.07, 6.45) is 0.530. The van der Waals surface area contributed by atoms with Crippen molar-refractivity contribution in [1.82, 2.24) is 9.97 Å². The first-order chi connectivity index (χ1) is 17.3. The van der Waals surface area contributed by atoms with Gasteiger partial charge in [-0.25, -0.2) is 14.8 Å². The molecule has 0 saturated carbocycles. The van der Waals surface area contributed by atoms with Crippen molar-refractivity contribution in [3.8, 4) is 27.7 Å². The van der Waals surface area contributed by atoms with Crippen LogP contribution < -0.4 is 9.47 Å². The summed E-state index contributed by atoms with van der Waals surface area (Å²) in [7, 11) is 3.21. The highest BCUT2D eigenvalue weighted by Gasteiger charge is 2.16. The van der Waals surface area contributed by atoms with Gasteiger partial charge in [0.1, 0.15) is 11.3 Å². The lowest BCUT2D eigenvalue weighted by molar-refractivity contribution is 0.0693. The predicted octanol–water partition coefficient (Wildman–Crippen LogP) is 6.13. The fraction of sp³-hybridized carbons (Fsp3) is 0.222. The van der Waals surface area contributed by atoms with Crippen molar-refractivity contribution in [2.24, 2.45) is 0 Å². The lowest BCUT2D eigenvalue weighted by atomic mass is 10.0. The number of hydrogen-bond donors (Lipinski definition) is 2. The molecule has 4 rings (SSSR count). The molecule has 2 aromatic carbocycles. The summed E-state index contributed by atoms with van der Waals surface area (Å²) < 4.78 is 10.9. The fourth-order valence-electron chi connectivity index (χ4n) is 3.82. The number of aromatic carboxylic acids is 1. The summed E-state index contributed by atoms with van der Waals surface area (Å²) in [5.74, 6) is 0.562. The Bertz CT molecular complexity index is 1400. The molecular formula is C27H26N2O5S2. The van der Waals surface area contributed by atoms with E-state index in [1.54, 1.807) is 43.4 Å². The van der Waals surface area contributed by atoms with E-state index in [1.165, 1.54) is 12.1 Å². The minimum Gasteiger partial charge on any atom is -0.507 e. The van der Waals surface area contributed by atoms with Gasteiger partial charge in [-0.2, -0.15) is 0 Å². The SMILES string of the molecule is COc1ccc(-c2cc(CSc3nc(C)cc(C)n3)c(Cc3ccc(O)c(C(=O)O)c3)s2)cc1OC. The van der Waals surface area contributed by atoms with Crippen molar-refractivity contribution in [3.05, 3.63) is 81.5 Å². The van der Waals surface area contributed by atoms with Crippen LogP contribution in [0.4, 0.5) is 0 Å². The maximum Gasteiger partial charge on any atom is 0.339 e. The second-order valence-electron chi connectivity index (χ2n) is 8.18. The molecule has 0 aliphatic rings. The van der Waals surface area contributed by atoms with Crippen molar-refractivity contribution in [2.75, 3.05) is 14.2 Å². The van der Waals surface area contributed by atoms with Crippen LogP contribution in [0, 0.1) is 13.8 Å². The Morgan fingerprint density at radius 2 is 1.69 bits per heavy atom. The molecule has 2 N–H and O–H groups in total. The normalized spacial score (nSPS) is 10.9. The molecule has 2 aromatic heterocycles. The van der Waals surface area contributed by atoms with E-state index >= 15 is 0 Å². The van der Waals surface area contributed by atoms with Crippen molar-refractivity contribution >= 4 is 29.1 Å². The molecule has 36 heavy (non-hydrogen) atoms. The van der Waals surface area contributed by atoms with Gasteiger partial charge in [-0.15, -0.1) is 11.3 Å². The Kier molecular flexibility index (Phi) is 7.81. The molecule has 9 heteroatoms. The summed E-state index contributed by atoms with van der Waals surface area (Å²) in [4.78, 5) is 22.7. The summed E-state index contributed by atoms with van der Waals surface area (Å²) in [6, 6.07) is 14.6. The molecule has 0 radical (unpaired) electrons. The number of carboxylic acids is 1. The molecule has 0 atom stereocenters. The Hall–Kier alpha value is -3.56. The van der Waals surface area contributed by atoms with Crippen LogP contribution >= 0.6 is 23.1 Å². The van der Waals surface area contributed by atoms with Gasteiger partial charge in [0.15, 0.2) is 16.7 Å². The number of aromatic nitrogens is 2. The van der Waals surface area contributed by atoms with Gasteiger partial charge in [0.2, 0.25) is 0 Å². The minimum atomic E-state index is -1.16. The van der Waals surface area contributed by atoms with E-state index in [0.717, 1.165) is 43.0 Å². The number of thioether (sulfide) groups is 1. The van der Waals surface area contributed by atoms with Gasteiger partial charge in [-0.05, 0) is 73.0 Å². The van der Waals surface area contributed by atoms with Gasteiger partial charge in [-0.3, -0.25) is 0 Å². The molecule has 4 aromatic rings.